The number of aromatic nitrogens is 2. The molecule has 4 heteroatoms. The molecule has 1 N–H and O–H groups in total. The van der Waals surface area contributed by atoms with Crippen molar-refractivity contribution in [2.45, 2.75) is 33.8 Å². The van der Waals surface area contributed by atoms with Gasteiger partial charge in [-0.15, -0.1) is 0 Å². The largest absolute Gasteiger partial charge is 0.380 e. The predicted molar refractivity (Wildman–Crippen MR) is 86.5 cm³/mol. The highest BCUT2D eigenvalue weighted by molar-refractivity contribution is 5.63. The number of rotatable bonds is 6. The first kappa shape index (κ1) is 15.4. The highest BCUT2D eigenvalue weighted by Gasteiger charge is 2.13. The number of nitrogens with zero attached hydrogens (tertiary/aromatic N) is 2. The van der Waals surface area contributed by atoms with Gasteiger partial charge in [0.15, 0.2) is 5.82 Å². The van der Waals surface area contributed by atoms with Crippen molar-refractivity contribution in [2.75, 3.05) is 19.0 Å². The van der Waals surface area contributed by atoms with E-state index >= 15 is 0 Å². The summed E-state index contributed by atoms with van der Waals surface area (Å²) in [4.78, 5) is 9.45. The molecule has 2 aromatic rings. The zero-order valence-corrected chi connectivity index (χ0v) is 13.2. The lowest BCUT2D eigenvalue weighted by atomic mass is 10.1. The van der Waals surface area contributed by atoms with E-state index in [0.29, 0.717) is 6.61 Å². The Morgan fingerprint density at radius 1 is 1.14 bits per heavy atom. The molecule has 0 spiro atoms. The molecule has 21 heavy (non-hydrogen) atoms. The Morgan fingerprint density at radius 2 is 1.90 bits per heavy atom. The quantitative estimate of drug-likeness (QED) is 0.881. The first-order valence-corrected chi connectivity index (χ1v) is 7.39. The summed E-state index contributed by atoms with van der Waals surface area (Å²) in [5.41, 5.74) is 4.36. The molecule has 0 saturated carbocycles. The summed E-state index contributed by atoms with van der Waals surface area (Å²) in [7, 11) is 1.70. The molecule has 0 aliphatic heterocycles. The topological polar surface area (TPSA) is 47.0 Å². The zero-order valence-electron chi connectivity index (χ0n) is 13.2. The first-order chi connectivity index (χ1) is 10.2. The van der Waals surface area contributed by atoms with Crippen LogP contribution in [-0.4, -0.2) is 23.6 Å². The van der Waals surface area contributed by atoms with Crippen LogP contribution in [0.15, 0.2) is 24.3 Å². The number of ether oxygens (including phenoxy) is 1. The molecule has 0 bridgehead atoms. The molecule has 1 aromatic heterocycles. The average Bonchev–Trinajstić information content (AvgIpc) is 2.50. The summed E-state index contributed by atoms with van der Waals surface area (Å²) in [5.74, 6) is 1.69. The molecule has 0 radical (unpaired) electrons. The van der Waals surface area contributed by atoms with Gasteiger partial charge in [-0.1, -0.05) is 31.2 Å². The van der Waals surface area contributed by atoms with E-state index in [1.54, 1.807) is 7.11 Å². The minimum atomic E-state index is 0.561. The fraction of sp³-hybridized carbons (Fsp3) is 0.412. The fourth-order valence-electron chi connectivity index (χ4n) is 2.39. The SMILES string of the molecule is CCNc1nc(-c2ccccc2COC)nc(CC)c1C. The van der Waals surface area contributed by atoms with Gasteiger partial charge >= 0.3 is 0 Å². The van der Waals surface area contributed by atoms with E-state index in [4.69, 9.17) is 14.7 Å². The van der Waals surface area contributed by atoms with Gasteiger partial charge in [0.1, 0.15) is 5.82 Å². The van der Waals surface area contributed by atoms with Gasteiger partial charge in [-0.25, -0.2) is 9.97 Å². The minimum absolute atomic E-state index is 0.561. The van der Waals surface area contributed by atoms with E-state index in [-0.39, 0.29) is 0 Å². The number of hydrogen-bond acceptors (Lipinski definition) is 4. The van der Waals surface area contributed by atoms with E-state index < -0.39 is 0 Å². The second kappa shape index (κ2) is 7.18. The number of benzene rings is 1. The smallest absolute Gasteiger partial charge is 0.162 e. The monoisotopic (exact) mass is 285 g/mol. The van der Waals surface area contributed by atoms with Crippen molar-refractivity contribution in [3.63, 3.8) is 0 Å². The zero-order chi connectivity index (χ0) is 15.2. The van der Waals surface area contributed by atoms with Gasteiger partial charge in [0.05, 0.1) is 6.61 Å². The molecule has 112 valence electrons. The predicted octanol–water partition coefficient (Wildman–Crippen LogP) is 3.59. The van der Waals surface area contributed by atoms with Gasteiger partial charge in [-0.2, -0.15) is 0 Å². The van der Waals surface area contributed by atoms with E-state index in [0.717, 1.165) is 47.0 Å². The Kier molecular flexibility index (Phi) is 5.28. The number of aryl methyl sites for hydroxylation is 1. The van der Waals surface area contributed by atoms with E-state index in [2.05, 4.69) is 32.2 Å². The molecular weight excluding hydrogens is 262 g/mol. The van der Waals surface area contributed by atoms with Gasteiger partial charge in [-0.05, 0) is 25.8 Å². The van der Waals surface area contributed by atoms with Crippen molar-refractivity contribution in [2.24, 2.45) is 0 Å². The highest BCUT2D eigenvalue weighted by Crippen LogP contribution is 2.25. The molecule has 0 aliphatic rings. The second-order valence-electron chi connectivity index (χ2n) is 4.94. The lowest BCUT2D eigenvalue weighted by molar-refractivity contribution is 0.185. The Balaban J connectivity index is 2.55. The van der Waals surface area contributed by atoms with Gasteiger partial charge in [0, 0.05) is 30.5 Å². The summed E-state index contributed by atoms with van der Waals surface area (Å²) >= 11 is 0. The number of hydrogen-bond donors (Lipinski definition) is 1. The molecule has 0 atom stereocenters. The van der Waals surface area contributed by atoms with Crippen LogP contribution in [0.5, 0.6) is 0 Å². The molecule has 2 rings (SSSR count). The Bertz CT molecular complexity index is 611. The molecular formula is C17H23N3O. The van der Waals surface area contributed by atoms with E-state index in [1.165, 1.54) is 0 Å². The highest BCUT2D eigenvalue weighted by atomic mass is 16.5. The maximum atomic E-state index is 5.28. The normalized spacial score (nSPS) is 10.7. The number of anilines is 1. The third kappa shape index (κ3) is 3.39. The minimum Gasteiger partial charge on any atom is -0.380 e. The summed E-state index contributed by atoms with van der Waals surface area (Å²) in [6, 6.07) is 8.13. The molecule has 0 saturated heterocycles. The molecule has 0 fully saturated rings. The molecule has 0 amide bonds. The lowest BCUT2D eigenvalue weighted by Crippen LogP contribution is -2.08. The van der Waals surface area contributed by atoms with Gasteiger partial charge in [0.2, 0.25) is 0 Å². The summed E-state index contributed by atoms with van der Waals surface area (Å²) in [6.45, 7) is 7.68. The fourth-order valence-corrected chi connectivity index (χ4v) is 2.39. The van der Waals surface area contributed by atoms with Crippen LogP contribution >= 0.6 is 0 Å². The molecule has 1 aromatic carbocycles. The van der Waals surface area contributed by atoms with Crippen LogP contribution in [0.25, 0.3) is 11.4 Å². The molecule has 4 nitrogen and oxygen atoms in total. The third-order valence-corrected chi connectivity index (χ3v) is 3.48. The summed E-state index contributed by atoms with van der Waals surface area (Å²) in [6.07, 6.45) is 0.895. The Labute approximate surface area is 126 Å². The first-order valence-electron chi connectivity index (χ1n) is 7.39. The van der Waals surface area contributed by atoms with Crippen LogP contribution in [0, 0.1) is 6.92 Å². The van der Waals surface area contributed by atoms with Crippen molar-refractivity contribution >= 4 is 5.82 Å². The van der Waals surface area contributed by atoms with Crippen LogP contribution in [-0.2, 0) is 17.8 Å². The van der Waals surface area contributed by atoms with Crippen molar-refractivity contribution in [3.05, 3.63) is 41.1 Å². The summed E-state index contributed by atoms with van der Waals surface area (Å²) < 4.78 is 5.28. The van der Waals surface area contributed by atoms with Crippen LogP contribution in [0.1, 0.15) is 30.7 Å². The molecule has 0 aliphatic carbocycles. The molecule has 0 unspecified atom stereocenters. The van der Waals surface area contributed by atoms with Crippen molar-refractivity contribution in [3.8, 4) is 11.4 Å². The standard InChI is InChI=1S/C17H23N3O/c1-5-15-12(3)16(18-6-2)20-17(19-15)14-10-8-7-9-13(14)11-21-4/h7-10H,5-6,11H2,1-4H3,(H,18,19,20). The molecule has 1 heterocycles. The second-order valence-corrected chi connectivity index (χ2v) is 4.94. The Morgan fingerprint density at radius 3 is 2.57 bits per heavy atom. The average molecular weight is 285 g/mol. The van der Waals surface area contributed by atoms with E-state index in [1.807, 2.05) is 18.2 Å². The van der Waals surface area contributed by atoms with Gasteiger partial charge in [-0.3, -0.25) is 0 Å². The Hall–Kier alpha value is -1.94. The number of nitrogens with one attached hydrogen (secondary N) is 1. The number of methoxy groups -OCH3 is 1. The summed E-state index contributed by atoms with van der Waals surface area (Å²) in [5, 5.41) is 3.33. The van der Waals surface area contributed by atoms with Crippen LogP contribution in [0.4, 0.5) is 5.82 Å². The van der Waals surface area contributed by atoms with Gasteiger partial charge in [0.25, 0.3) is 0 Å². The van der Waals surface area contributed by atoms with Crippen molar-refractivity contribution < 1.29 is 4.74 Å². The maximum absolute atomic E-state index is 5.28. The third-order valence-electron chi connectivity index (χ3n) is 3.48. The van der Waals surface area contributed by atoms with E-state index in [9.17, 15) is 0 Å². The van der Waals surface area contributed by atoms with Gasteiger partial charge < -0.3 is 10.1 Å². The lowest BCUT2D eigenvalue weighted by Gasteiger charge is -2.14. The van der Waals surface area contributed by atoms with Crippen molar-refractivity contribution in [1.82, 2.24) is 9.97 Å². The van der Waals surface area contributed by atoms with Crippen LogP contribution in [0.3, 0.4) is 0 Å². The van der Waals surface area contributed by atoms with Crippen LogP contribution < -0.4 is 5.32 Å². The van der Waals surface area contributed by atoms with Crippen LogP contribution in [0.2, 0.25) is 0 Å². The van der Waals surface area contributed by atoms with Crippen molar-refractivity contribution in [1.29, 1.82) is 0 Å². The maximum Gasteiger partial charge on any atom is 0.162 e.